The number of hydrogen-bond acceptors (Lipinski definition) is 2. The van der Waals surface area contributed by atoms with Crippen molar-refractivity contribution in [1.29, 1.82) is 0 Å². The summed E-state index contributed by atoms with van der Waals surface area (Å²) in [6.45, 7) is 0.947. The number of rotatable bonds is 4. The summed E-state index contributed by atoms with van der Waals surface area (Å²) in [5.41, 5.74) is 2.34. The number of aromatic nitrogens is 2. The first-order chi connectivity index (χ1) is 8.22. The summed E-state index contributed by atoms with van der Waals surface area (Å²) in [7, 11) is 4.02. The molecule has 2 rings (SSSR count). The first-order valence-corrected chi connectivity index (χ1v) is 6.43. The number of likely N-dealkylation sites (N-methyl/N-ethyl adjacent to an activating group) is 1. The fraction of sp³-hybridized carbons (Fsp3) is 0.308. The molecule has 0 aliphatic heterocycles. The molecule has 0 saturated heterocycles. The molecule has 0 radical (unpaired) electrons. The fourth-order valence-electron chi connectivity index (χ4n) is 1.83. The van der Waals surface area contributed by atoms with Gasteiger partial charge in [-0.25, -0.2) is 4.98 Å². The van der Waals surface area contributed by atoms with Gasteiger partial charge in [0, 0.05) is 30.0 Å². The average Bonchev–Trinajstić information content (AvgIpc) is 2.68. The highest BCUT2D eigenvalue weighted by Gasteiger charge is 2.08. The van der Waals surface area contributed by atoms with Crippen LogP contribution in [0.2, 0.25) is 0 Å². The second-order valence-corrected chi connectivity index (χ2v) is 4.90. The molecule has 4 heteroatoms. The first-order valence-electron chi connectivity index (χ1n) is 5.63. The third-order valence-electron chi connectivity index (χ3n) is 2.80. The van der Waals surface area contributed by atoms with Gasteiger partial charge in [-0.1, -0.05) is 28.1 Å². The summed E-state index contributed by atoms with van der Waals surface area (Å²) in [4.78, 5) is 4.47. The second-order valence-electron chi connectivity index (χ2n) is 3.98. The average molecular weight is 294 g/mol. The molecule has 0 fully saturated rings. The van der Waals surface area contributed by atoms with Crippen molar-refractivity contribution in [2.24, 2.45) is 7.05 Å². The molecule has 1 aromatic carbocycles. The fourth-order valence-corrected chi connectivity index (χ4v) is 2.23. The first kappa shape index (κ1) is 12.3. The van der Waals surface area contributed by atoms with Gasteiger partial charge in [-0.3, -0.25) is 0 Å². The van der Waals surface area contributed by atoms with E-state index in [1.165, 1.54) is 5.56 Å². The summed E-state index contributed by atoms with van der Waals surface area (Å²) < 4.78 is 3.24. The SMILES string of the molecule is CNCCc1ncc(-c2cccc(Br)c2)n1C. The summed E-state index contributed by atoms with van der Waals surface area (Å²) in [5.74, 6) is 1.11. The van der Waals surface area contributed by atoms with E-state index in [2.05, 4.69) is 50.0 Å². The largest absolute Gasteiger partial charge is 0.331 e. The molecule has 0 amide bonds. The minimum atomic E-state index is 0.945. The molecule has 1 heterocycles. The van der Waals surface area contributed by atoms with Crippen molar-refractivity contribution in [2.45, 2.75) is 6.42 Å². The van der Waals surface area contributed by atoms with Gasteiger partial charge in [-0.05, 0) is 19.2 Å². The van der Waals surface area contributed by atoms with Crippen LogP contribution in [0.15, 0.2) is 34.9 Å². The van der Waals surface area contributed by atoms with Crippen molar-refractivity contribution in [3.8, 4) is 11.3 Å². The van der Waals surface area contributed by atoms with Gasteiger partial charge in [0.2, 0.25) is 0 Å². The Morgan fingerprint density at radius 3 is 2.94 bits per heavy atom. The second kappa shape index (κ2) is 5.47. The summed E-state index contributed by atoms with van der Waals surface area (Å²) >= 11 is 3.49. The van der Waals surface area contributed by atoms with E-state index < -0.39 is 0 Å². The molecule has 0 atom stereocenters. The molecular formula is C13H16BrN3. The van der Waals surface area contributed by atoms with E-state index in [-0.39, 0.29) is 0 Å². The predicted octanol–water partition coefficient (Wildman–Crippen LogP) is 2.61. The van der Waals surface area contributed by atoms with Gasteiger partial charge < -0.3 is 9.88 Å². The maximum atomic E-state index is 4.47. The highest BCUT2D eigenvalue weighted by molar-refractivity contribution is 9.10. The van der Waals surface area contributed by atoms with Crippen LogP contribution in [-0.2, 0) is 13.5 Å². The van der Waals surface area contributed by atoms with Gasteiger partial charge in [0.1, 0.15) is 5.82 Å². The minimum Gasteiger partial charge on any atom is -0.331 e. The molecule has 0 aliphatic rings. The molecule has 0 unspecified atom stereocenters. The smallest absolute Gasteiger partial charge is 0.110 e. The van der Waals surface area contributed by atoms with Crippen LogP contribution >= 0.6 is 15.9 Å². The van der Waals surface area contributed by atoms with Crippen LogP contribution < -0.4 is 5.32 Å². The third-order valence-corrected chi connectivity index (χ3v) is 3.30. The lowest BCUT2D eigenvalue weighted by atomic mass is 10.2. The van der Waals surface area contributed by atoms with E-state index in [4.69, 9.17) is 0 Å². The summed E-state index contributed by atoms with van der Waals surface area (Å²) in [6, 6.07) is 8.28. The maximum absolute atomic E-state index is 4.47. The van der Waals surface area contributed by atoms with Crippen LogP contribution in [0.4, 0.5) is 0 Å². The van der Waals surface area contributed by atoms with Gasteiger partial charge in [0.05, 0.1) is 11.9 Å². The minimum absolute atomic E-state index is 0.945. The molecule has 1 aromatic heterocycles. The Bertz CT molecular complexity index is 505. The van der Waals surface area contributed by atoms with E-state index in [9.17, 15) is 0 Å². The highest BCUT2D eigenvalue weighted by Crippen LogP contribution is 2.23. The molecule has 0 spiro atoms. The van der Waals surface area contributed by atoms with E-state index in [1.807, 2.05) is 25.4 Å². The lowest BCUT2D eigenvalue weighted by Gasteiger charge is -2.06. The topological polar surface area (TPSA) is 29.9 Å². The number of imidazole rings is 1. The standard InChI is InChI=1S/C13H16BrN3/c1-15-7-6-13-16-9-12(17(13)2)10-4-3-5-11(14)8-10/h3-5,8-9,15H,6-7H2,1-2H3. The molecule has 0 saturated carbocycles. The highest BCUT2D eigenvalue weighted by atomic mass is 79.9. The Hall–Kier alpha value is -1.13. The lowest BCUT2D eigenvalue weighted by molar-refractivity contribution is 0.720. The molecule has 90 valence electrons. The van der Waals surface area contributed by atoms with Gasteiger partial charge in [-0.15, -0.1) is 0 Å². The van der Waals surface area contributed by atoms with Gasteiger partial charge in [0.15, 0.2) is 0 Å². The Balaban J connectivity index is 2.30. The van der Waals surface area contributed by atoms with Crippen molar-refractivity contribution >= 4 is 15.9 Å². The van der Waals surface area contributed by atoms with E-state index in [1.54, 1.807) is 0 Å². The van der Waals surface area contributed by atoms with Crippen LogP contribution in [0.3, 0.4) is 0 Å². The van der Waals surface area contributed by atoms with E-state index in [0.717, 1.165) is 29.0 Å². The lowest BCUT2D eigenvalue weighted by Crippen LogP contribution is -2.13. The van der Waals surface area contributed by atoms with Crippen molar-refractivity contribution in [2.75, 3.05) is 13.6 Å². The number of benzene rings is 1. The zero-order valence-corrected chi connectivity index (χ0v) is 11.7. The predicted molar refractivity (Wildman–Crippen MR) is 74.0 cm³/mol. The Morgan fingerprint density at radius 1 is 1.41 bits per heavy atom. The maximum Gasteiger partial charge on any atom is 0.110 e. The molecule has 3 nitrogen and oxygen atoms in total. The van der Waals surface area contributed by atoms with E-state index in [0.29, 0.717) is 0 Å². The van der Waals surface area contributed by atoms with Gasteiger partial charge in [-0.2, -0.15) is 0 Å². The molecule has 2 aromatic rings. The normalized spacial score (nSPS) is 10.8. The zero-order chi connectivity index (χ0) is 12.3. The molecule has 1 N–H and O–H groups in total. The van der Waals surface area contributed by atoms with Crippen LogP contribution in [0.1, 0.15) is 5.82 Å². The Labute approximate surface area is 110 Å². The molecular weight excluding hydrogens is 278 g/mol. The number of halogens is 1. The zero-order valence-electron chi connectivity index (χ0n) is 10.1. The summed E-state index contributed by atoms with van der Waals surface area (Å²) in [6.07, 6.45) is 2.88. The number of nitrogens with one attached hydrogen (secondary N) is 1. The van der Waals surface area contributed by atoms with Crippen molar-refractivity contribution in [3.63, 3.8) is 0 Å². The van der Waals surface area contributed by atoms with Crippen molar-refractivity contribution in [3.05, 3.63) is 40.8 Å². The Kier molecular flexibility index (Phi) is 3.97. The Morgan fingerprint density at radius 2 is 2.24 bits per heavy atom. The summed E-state index contributed by atoms with van der Waals surface area (Å²) in [5, 5.41) is 3.14. The van der Waals surface area contributed by atoms with Crippen molar-refractivity contribution < 1.29 is 0 Å². The monoisotopic (exact) mass is 293 g/mol. The molecule has 0 bridgehead atoms. The quantitative estimate of drug-likeness (QED) is 0.939. The van der Waals surface area contributed by atoms with Crippen LogP contribution in [0, 0.1) is 0 Å². The number of hydrogen-bond donors (Lipinski definition) is 1. The van der Waals surface area contributed by atoms with Gasteiger partial charge in [0.25, 0.3) is 0 Å². The van der Waals surface area contributed by atoms with Crippen molar-refractivity contribution in [1.82, 2.24) is 14.9 Å². The van der Waals surface area contributed by atoms with E-state index >= 15 is 0 Å². The number of nitrogens with zero attached hydrogens (tertiary/aromatic N) is 2. The third kappa shape index (κ3) is 2.76. The van der Waals surface area contributed by atoms with Gasteiger partial charge >= 0.3 is 0 Å². The van der Waals surface area contributed by atoms with Crippen LogP contribution in [0.25, 0.3) is 11.3 Å². The van der Waals surface area contributed by atoms with Crippen LogP contribution in [-0.4, -0.2) is 23.1 Å². The molecule has 0 aliphatic carbocycles. The van der Waals surface area contributed by atoms with Crippen LogP contribution in [0.5, 0.6) is 0 Å². The molecule has 17 heavy (non-hydrogen) atoms.